The molecular weight excluding hydrogens is 416 g/mol. The number of tetrazole rings is 1. The summed E-state index contributed by atoms with van der Waals surface area (Å²) in [7, 11) is 1.66. The maximum Gasteiger partial charge on any atom is 0.252 e. The summed E-state index contributed by atoms with van der Waals surface area (Å²) in [4.78, 5) is 18.2. The van der Waals surface area contributed by atoms with Gasteiger partial charge in [-0.2, -0.15) is 0 Å². The number of hydrogen-bond donors (Lipinski definition) is 1. The Morgan fingerprint density at radius 2 is 1.79 bits per heavy atom. The highest BCUT2D eigenvalue weighted by Gasteiger charge is 2.16. The fraction of sp³-hybridized carbons (Fsp3) is 0.360. The van der Waals surface area contributed by atoms with E-state index in [0.29, 0.717) is 32.8 Å². The van der Waals surface area contributed by atoms with Crippen molar-refractivity contribution in [1.29, 1.82) is 0 Å². The van der Waals surface area contributed by atoms with Crippen LogP contribution in [0.3, 0.4) is 0 Å². The molecular formula is C25H30N6O2. The Bertz CT molecular complexity index is 1290. The molecule has 0 fully saturated rings. The standard InChI is InChI=1S/C25H30N6O2/c1-17-5-7-20(8-6-17)14-30(16-24-27-28-29-31(24)9-10-33-4)15-21-13-22-19(3)11-18(2)12-23(22)26-25(21)32/h5-8,11-13H,9-10,14-16H2,1-4H3,(H,26,32). The Morgan fingerprint density at radius 3 is 2.55 bits per heavy atom. The Labute approximate surface area is 193 Å². The third-order valence-corrected chi connectivity index (χ3v) is 5.79. The molecule has 0 amide bonds. The van der Waals surface area contributed by atoms with Gasteiger partial charge < -0.3 is 9.72 Å². The van der Waals surface area contributed by atoms with E-state index in [2.05, 4.69) is 69.6 Å². The Balaban J connectivity index is 1.66. The van der Waals surface area contributed by atoms with E-state index in [4.69, 9.17) is 4.74 Å². The number of fused-ring (bicyclic) bond motifs is 1. The van der Waals surface area contributed by atoms with Gasteiger partial charge in [0.25, 0.3) is 5.56 Å². The van der Waals surface area contributed by atoms with E-state index >= 15 is 0 Å². The molecule has 0 spiro atoms. The third kappa shape index (κ3) is 5.53. The van der Waals surface area contributed by atoms with Crippen LogP contribution in [0.4, 0.5) is 0 Å². The second-order valence-corrected chi connectivity index (χ2v) is 8.61. The fourth-order valence-corrected chi connectivity index (χ4v) is 4.08. The lowest BCUT2D eigenvalue weighted by Gasteiger charge is -2.22. The molecule has 33 heavy (non-hydrogen) atoms. The molecule has 2 aromatic heterocycles. The molecule has 2 aromatic carbocycles. The first-order chi connectivity index (χ1) is 15.9. The van der Waals surface area contributed by atoms with Crippen molar-refractivity contribution in [3.8, 4) is 0 Å². The molecule has 0 bridgehead atoms. The van der Waals surface area contributed by atoms with Crippen molar-refractivity contribution >= 4 is 10.9 Å². The molecule has 0 radical (unpaired) electrons. The quantitative estimate of drug-likeness (QED) is 0.424. The third-order valence-electron chi connectivity index (χ3n) is 5.79. The van der Waals surface area contributed by atoms with E-state index in [-0.39, 0.29) is 5.56 Å². The van der Waals surface area contributed by atoms with Crippen LogP contribution in [0.1, 0.15) is 33.6 Å². The first kappa shape index (κ1) is 22.8. The smallest absolute Gasteiger partial charge is 0.252 e. The summed E-state index contributed by atoms with van der Waals surface area (Å²) in [6.45, 7) is 8.94. The zero-order valence-corrected chi connectivity index (χ0v) is 19.6. The van der Waals surface area contributed by atoms with Crippen LogP contribution >= 0.6 is 0 Å². The van der Waals surface area contributed by atoms with Gasteiger partial charge in [-0.05, 0) is 60.0 Å². The van der Waals surface area contributed by atoms with Crippen LogP contribution in [0.5, 0.6) is 0 Å². The summed E-state index contributed by atoms with van der Waals surface area (Å²) in [5, 5.41) is 13.2. The van der Waals surface area contributed by atoms with Crippen molar-refractivity contribution in [2.24, 2.45) is 0 Å². The Hall–Kier alpha value is -3.36. The number of hydrogen-bond acceptors (Lipinski definition) is 6. The monoisotopic (exact) mass is 446 g/mol. The number of benzene rings is 2. The summed E-state index contributed by atoms with van der Waals surface area (Å²) in [6, 6.07) is 14.6. The average molecular weight is 447 g/mol. The van der Waals surface area contributed by atoms with Crippen molar-refractivity contribution in [3.05, 3.63) is 86.5 Å². The number of methoxy groups -OCH3 is 1. The van der Waals surface area contributed by atoms with Crippen molar-refractivity contribution in [3.63, 3.8) is 0 Å². The highest BCUT2D eigenvalue weighted by molar-refractivity contribution is 5.83. The minimum absolute atomic E-state index is 0.0691. The van der Waals surface area contributed by atoms with Crippen LogP contribution in [0.25, 0.3) is 10.9 Å². The minimum atomic E-state index is -0.0691. The van der Waals surface area contributed by atoms with E-state index in [1.807, 2.05) is 19.1 Å². The Morgan fingerprint density at radius 1 is 1.00 bits per heavy atom. The number of rotatable bonds is 9. The van der Waals surface area contributed by atoms with Crippen LogP contribution in [0, 0.1) is 20.8 Å². The minimum Gasteiger partial charge on any atom is -0.383 e. The topological polar surface area (TPSA) is 88.9 Å². The first-order valence-electron chi connectivity index (χ1n) is 11.1. The summed E-state index contributed by atoms with van der Waals surface area (Å²) < 4.78 is 6.93. The molecule has 8 nitrogen and oxygen atoms in total. The zero-order valence-electron chi connectivity index (χ0n) is 19.6. The Kier molecular flexibility index (Phi) is 6.96. The number of nitrogens with zero attached hydrogens (tertiary/aromatic N) is 5. The van der Waals surface area contributed by atoms with Gasteiger partial charge >= 0.3 is 0 Å². The molecule has 0 aliphatic carbocycles. The van der Waals surface area contributed by atoms with Crippen molar-refractivity contribution < 1.29 is 4.74 Å². The van der Waals surface area contributed by atoms with Gasteiger partial charge in [0.2, 0.25) is 0 Å². The highest BCUT2D eigenvalue weighted by Crippen LogP contribution is 2.20. The predicted octanol–water partition coefficient (Wildman–Crippen LogP) is 3.29. The van der Waals surface area contributed by atoms with Crippen molar-refractivity contribution in [2.45, 2.75) is 47.0 Å². The lowest BCUT2D eigenvalue weighted by atomic mass is 10.0. The summed E-state index contributed by atoms with van der Waals surface area (Å²) in [6.07, 6.45) is 0. The van der Waals surface area contributed by atoms with Gasteiger partial charge in [0.15, 0.2) is 5.82 Å². The number of nitrogens with one attached hydrogen (secondary N) is 1. The number of aromatic amines is 1. The largest absolute Gasteiger partial charge is 0.383 e. The molecule has 0 saturated carbocycles. The van der Waals surface area contributed by atoms with Crippen molar-refractivity contribution in [2.75, 3.05) is 13.7 Å². The number of aryl methyl sites for hydroxylation is 3. The van der Waals surface area contributed by atoms with Crippen molar-refractivity contribution in [1.82, 2.24) is 30.1 Å². The van der Waals surface area contributed by atoms with Gasteiger partial charge in [-0.15, -0.1) is 5.10 Å². The van der Waals surface area contributed by atoms with Gasteiger partial charge in [-0.25, -0.2) is 4.68 Å². The maximum absolute atomic E-state index is 13.0. The SMILES string of the molecule is COCCn1nnnc1CN(Cc1ccc(C)cc1)Cc1cc2c(C)cc(C)cc2[nH]c1=O. The molecule has 4 rings (SSSR count). The van der Waals surface area contributed by atoms with E-state index in [1.165, 1.54) is 11.1 Å². The molecule has 2 heterocycles. The normalized spacial score (nSPS) is 11.5. The lowest BCUT2D eigenvalue weighted by Crippen LogP contribution is -2.28. The molecule has 1 N–H and O–H groups in total. The van der Waals surface area contributed by atoms with Gasteiger partial charge in [0.05, 0.1) is 19.7 Å². The van der Waals surface area contributed by atoms with Gasteiger partial charge in [-0.1, -0.05) is 35.9 Å². The van der Waals surface area contributed by atoms with E-state index in [9.17, 15) is 4.79 Å². The average Bonchev–Trinajstić information content (AvgIpc) is 3.21. The molecule has 0 unspecified atom stereocenters. The summed E-state index contributed by atoms with van der Waals surface area (Å²) in [5.41, 5.74) is 6.18. The first-order valence-corrected chi connectivity index (χ1v) is 11.1. The van der Waals surface area contributed by atoms with Gasteiger partial charge in [-0.3, -0.25) is 9.69 Å². The molecule has 0 saturated heterocycles. The summed E-state index contributed by atoms with van der Waals surface area (Å²) >= 11 is 0. The second-order valence-electron chi connectivity index (χ2n) is 8.61. The molecule has 172 valence electrons. The van der Waals surface area contributed by atoms with Crippen LogP contribution in [0.15, 0.2) is 47.3 Å². The molecule has 0 aliphatic rings. The van der Waals surface area contributed by atoms with E-state index in [1.54, 1.807) is 11.8 Å². The van der Waals surface area contributed by atoms with Crippen LogP contribution in [-0.2, 0) is 30.9 Å². The lowest BCUT2D eigenvalue weighted by molar-refractivity contribution is 0.177. The van der Waals surface area contributed by atoms with E-state index in [0.717, 1.165) is 33.4 Å². The number of aromatic nitrogens is 5. The molecule has 0 aliphatic heterocycles. The molecule has 4 aromatic rings. The van der Waals surface area contributed by atoms with Gasteiger partial charge in [0, 0.05) is 36.7 Å². The van der Waals surface area contributed by atoms with Crippen LogP contribution in [-0.4, -0.2) is 43.8 Å². The second kappa shape index (κ2) is 10.1. The van der Waals surface area contributed by atoms with Crippen LogP contribution < -0.4 is 5.56 Å². The number of pyridine rings is 1. The van der Waals surface area contributed by atoms with E-state index < -0.39 is 0 Å². The van der Waals surface area contributed by atoms with Crippen LogP contribution in [0.2, 0.25) is 0 Å². The molecule has 0 atom stereocenters. The number of ether oxygens (including phenoxy) is 1. The number of H-pyrrole nitrogens is 1. The predicted molar refractivity (Wildman–Crippen MR) is 128 cm³/mol. The fourth-order valence-electron chi connectivity index (χ4n) is 4.08. The summed E-state index contributed by atoms with van der Waals surface area (Å²) in [5.74, 6) is 0.739. The molecule has 8 heteroatoms. The zero-order chi connectivity index (χ0) is 23.4. The van der Waals surface area contributed by atoms with Gasteiger partial charge in [0.1, 0.15) is 0 Å². The maximum atomic E-state index is 13.0. The highest BCUT2D eigenvalue weighted by atomic mass is 16.5.